The highest BCUT2D eigenvalue weighted by atomic mass is 16.4. The molecule has 0 unspecified atom stereocenters. The Bertz CT molecular complexity index is 982. The van der Waals surface area contributed by atoms with Gasteiger partial charge in [-0.05, 0) is 31.7 Å². The molecule has 134 valence electrons. The number of rotatable bonds is 5. The first-order valence-electron chi connectivity index (χ1n) is 8.88. The largest absolute Gasteiger partial charge is 0.478 e. The molecule has 0 bridgehead atoms. The molecule has 0 amide bonds. The van der Waals surface area contributed by atoms with Crippen molar-refractivity contribution in [3.05, 3.63) is 29.6 Å². The Balaban J connectivity index is 1.56. The second kappa shape index (κ2) is 5.72. The summed E-state index contributed by atoms with van der Waals surface area (Å²) >= 11 is 0. The molecule has 5 rings (SSSR count). The number of H-pyrrole nitrogens is 1. The third kappa shape index (κ3) is 2.65. The van der Waals surface area contributed by atoms with E-state index in [1.165, 1.54) is 19.0 Å². The molecule has 1 saturated carbocycles. The first-order chi connectivity index (χ1) is 12.7. The number of nitrogens with zero attached hydrogens (tertiary/aromatic N) is 5. The summed E-state index contributed by atoms with van der Waals surface area (Å²) in [5, 5.41) is 24.4. The number of aromatic nitrogens is 5. The van der Waals surface area contributed by atoms with Crippen LogP contribution in [0.4, 0.5) is 17.6 Å². The molecule has 3 aromatic rings. The standard InChI is InChI=1S/C17H19N7O2/c25-16(26)11-7-13-15(18-14-8-12(20-21-14)10-3-4-10)19-17(22-24(13)9-11)23-5-1-2-6-23/h7-10H,1-6H2,(H,25,26)(H2,18,19,20,21,22). The zero-order valence-corrected chi connectivity index (χ0v) is 14.1. The van der Waals surface area contributed by atoms with Gasteiger partial charge >= 0.3 is 5.97 Å². The molecular formula is C17H19N7O2. The molecule has 0 atom stereocenters. The lowest BCUT2D eigenvalue weighted by Gasteiger charge is -2.16. The first kappa shape index (κ1) is 15.2. The van der Waals surface area contributed by atoms with Crippen LogP contribution in [0.3, 0.4) is 0 Å². The lowest BCUT2D eigenvalue weighted by Crippen LogP contribution is -2.22. The Morgan fingerprint density at radius 3 is 2.81 bits per heavy atom. The molecule has 4 heterocycles. The third-order valence-electron chi connectivity index (χ3n) is 4.95. The minimum atomic E-state index is -0.986. The minimum absolute atomic E-state index is 0.182. The van der Waals surface area contributed by atoms with Crippen LogP contribution in [0.5, 0.6) is 0 Å². The van der Waals surface area contributed by atoms with E-state index in [9.17, 15) is 9.90 Å². The van der Waals surface area contributed by atoms with Crippen LogP contribution >= 0.6 is 0 Å². The van der Waals surface area contributed by atoms with E-state index < -0.39 is 5.97 Å². The third-order valence-corrected chi connectivity index (χ3v) is 4.95. The fraction of sp³-hybridized carbons (Fsp3) is 0.412. The lowest BCUT2D eigenvalue weighted by molar-refractivity contribution is 0.0697. The monoisotopic (exact) mass is 353 g/mol. The molecule has 3 aromatic heterocycles. The van der Waals surface area contributed by atoms with E-state index in [0.29, 0.717) is 29.0 Å². The van der Waals surface area contributed by atoms with Gasteiger partial charge in [0, 0.05) is 37.0 Å². The van der Waals surface area contributed by atoms with Crippen LogP contribution in [-0.4, -0.2) is 49.0 Å². The molecule has 1 saturated heterocycles. The van der Waals surface area contributed by atoms with Crippen molar-refractivity contribution in [1.29, 1.82) is 0 Å². The lowest BCUT2D eigenvalue weighted by atomic mass is 10.3. The van der Waals surface area contributed by atoms with Gasteiger partial charge in [0.2, 0.25) is 5.95 Å². The number of carboxylic acid groups (broad SMARTS) is 1. The van der Waals surface area contributed by atoms with Crippen molar-refractivity contribution in [3.63, 3.8) is 0 Å². The number of aromatic carboxylic acids is 1. The zero-order chi connectivity index (χ0) is 17.7. The predicted octanol–water partition coefficient (Wildman–Crippen LogP) is 2.37. The second-order valence-electron chi connectivity index (χ2n) is 6.93. The topological polar surface area (TPSA) is 111 Å². The van der Waals surface area contributed by atoms with E-state index in [1.54, 1.807) is 10.6 Å². The molecule has 2 aliphatic rings. The SMILES string of the molecule is O=C(O)c1cc2c(Nc3cc(C4CC4)[nH]n3)nc(N3CCCC3)nn2c1. The normalized spacial score (nSPS) is 17.2. The van der Waals surface area contributed by atoms with Gasteiger partial charge in [-0.25, -0.2) is 9.31 Å². The number of hydrogen-bond acceptors (Lipinski definition) is 6. The van der Waals surface area contributed by atoms with Gasteiger partial charge in [-0.2, -0.15) is 10.1 Å². The van der Waals surface area contributed by atoms with Crippen molar-refractivity contribution in [2.45, 2.75) is 31.6 Å². The van der Waals surface area contributed by atoms with Crippen LogP contribution in [0.15, 0.2) is 18.3 Å². The summed E-state index contributed by atoms with van der Waals surface area (Å²) in [5.41, 5.74) is 1.92. The molecule has 0 spiro atoms. The molecule has 2 fully saturated rings. The molecule has 0 aromatic carbocycles. The minimum Gasteiger partial charge on any atom is -0.478 e. The van der Waals surface area contributed by atoms with Crippen molar-refractivity contribution < 1.29 is 9.90 Å². The molecule has 9 nitrogen and oxygen atoms in total. The molecule has 26 heavy (non-hydrogen) atoms. The highest BCUT2D eigenvalue weighted by Crippen LogP contribution is 2.39. The van der Waals surface area contributed by atoms with Gasteiger partial charge in [-0.15, -0.1) is 5.10 Å². The van der Waals surface area contributed by atoms with E-state index in [2.05, 4.69) is 30.5 Å². The summed E-state index contributed by atoms with van der Waals surface area (Å²) in [7, 11) is 0. The van der Waals surface area contributed by atoms with Gasteiger partial charge in [-0.1, -0.05) is 0 Å². The molecule has 1 aliphatic carbocycles. The van der Waals surface area contributed by atoms with Gasteiger partial charge in [-0.3, -0.25) is 5.10 Å². The Kier molecular flexibility index (Phi) is 3.34. The number of carbonyl (C=O) groups is 1. The van der Waals surface area contributed by atoms with Gasteiger partial charge < -0.3 is 15.3 Å². The Hall–Kier alpha value is -3.10. The highest BCUT2D eigenvalue weighted by molar-refractivity contribution is 5.91. The number of aromatic amines is 1. The van der Waals surface area contributed by atoms with Crippen molar-refractivity contribution in [2.75, 3.05) is 23.3 Å². The zero-order valence-electron chi connectivity index (χ0n) is 14.1. The van der Waals surface area contributed by atoms with E-state index in [4.69, 9.17) is 0 Å². The number of nitrogens with one attached hydrogen (secondary N) is 2. The summed E-state index contributed by atoms with van der Waals surface area (Å²) in [6.45, 7) is 1.82. The van der Waals surface area contributed by atoms with Crippen LogP contribution in [0, 0.1) is 0 Å². The average molecular weight is 353 g/mol. The molecule has 3 N–H and O–H groups in total. The summed E-state index contributed by atoms with van der Waals surface area (Å²) in [4.78, 5) is 18.1. The van der Waals surface area contributed by atoms with Crippen LogP contribution < -0.4 is 10.2 Å². The summed E-state index contributed by atoms with van der Waals surface area (Å²) in [6.07, 6.45) is 6.13. The van der Waals surface area contributed by atoms with E-state index in [0.717, 1.165) is 31.6 Å². The van der Waals surface area contributed by atoms with Crippen LogP contribution in [0.25, 0.3) is 5.52 Å². The maximum atomic E-state index is 11.4. The smallest absolute Gasteiger partial charge is 0.337 e. The second-order valence-corrected chi connectivity index (χ2v) is 6.93. The average Bonchev–Trinajstić information content (AvgIpc) is 3.07. The number of hydrogen-bond donors (Lipinski definition) is 3. The Labute approximate surface area is 149 Å². The van der Waals surface area contributed by atoms with Crippen molar-refractivity contribution in [2.24, 2.45) is 0 Å². The first-order valence-corrected chi connectivity index (χ1v) is 8.88. The number of anilines is 3. The molecule has 9 heteroatoms. The molecule has 1 aliphatic heterocycles. The molecular weight excluding hydrogens is 334 g/mol. The van der Waals surface area contributed by atoms with E-state index in [-0.39, 0.29) is 5.56 Å². The van der Waals surface area contributed by atoms with Gasteiger partial charge in [0.25, 0.3) is 0 Å². The highest BCUT2D eigenvalue weighted by Gasteiger charge is 2.26. The number of carboxylic acids is 1. The maximum Gasteiger partial charge on any atom is 0.337 e. The van der Waals surface area contributed by atoms with E-state index >= 15 is 0 Å². The predicted molar refractivity (Wildman–Crippen MR) is 95.2 cm³/mol. The maximum absolute atomic E-state index is 11.4. The number of fused-ring (bicyclic) bond motifs is 1. The summed E-state index contributed by atoms with van der Waals surface area (Å²) in [6, 6.07) is 3.57. The van der Waals surface area contributed by atoms with Gasteiger partial charge in [0.15, 0.2) is 11.6 Å². The fourth-order valence-electron chi connectivity index (χ4n) is 3.37. The summed E-state index contributed by atoms with van der Waals surface area (Å²) in [5.74, 6) is 1.43. The Morgan fingerprint density at radius 1 is 1.27 bits per heavy atom. The van der Waals surface area contributed by atoms with Crippen molar-refractivity contribution >= 4 is 29.1 Å². The van der Waals surface area contributed by atoms with Crippen molar-refractivity contribution in [1.82, 2.24) is 24.8 Å². The Morgan fingerprint density at radius 2 is 2.08 bits per heavy atom. The quantitative estimate of drug-likeness (QED) is 0.645. The summed E-state index contributed by atoms with van der Waals surface area (Å²) < 4.78 is 1.58. The van der Waals surface area contributed by atoms with Gasteiger partial charge in [0.05, 0.1) is 5.56 Å². The van der Waals surface area contributed by atoms with Gasteiger partial charge in [0.1, 0.15) is 5.52 Å². The van der Waals surface area contributed by atoms with E-state index in [1.807, 2.05) is 6.07 Å². The molecule has 0 radical (unpaired) electrons. The fourth-order valence-corrected chi connectivity index (χ4v) is 3.37. The van der Waals surface area contributed by atoms with Crippen LogP contribution in [0.2, 0.25) is 0 Å². The van der Waals surface area contributed by atoms with Crippen LogP contribution in [0.1, 0.15) is 47.7 Å². The van der Waals surface area contributed by atoms with Crippen LogP contribution in [-0.2, 0) is 0 Å². The van der Waals surface area contributed by atoms with Crippen molar-refractivity contribution in [3.8, 4) is 0 Å².